The van der Waals surface area contributed by atoms with Crippen molar-refractivity contribution in [3.8, 4) is 0 Å². The zero-order valence-electron chi connectivity index (χ0n) is 13.9. The molecule has 3 atom stereocenters. The fourth-order valence-corrected chi connectivity index (χ4v) is 3.88. The Morgan fingerprint density at radius 2 is 1.92 bits per heavy atom. The number of nitrogens with one attached hydrogen (secondary N) is 3. The summed E-state index contributed by atoms with van der Waals surface area (Å²) in [4.78, 5) is 37.8. The first kappa shape index (κ1) is 18.8. The lowest BCUT2D eigenvalue weighted by Crippen LogP contribution is -2.55. The molecule has 0 spiro atoms. The quantitative estimate of drug-likeness (QED) is 0.321. The number of nitrogens with zero attached hydrogens (tertiary/aromatic N) is 2. The smallest absolute Gasteiger partial charge is 0.316 e. The molecule has 0 aromatic heterocycles. The Morgan fingerprint density at radius 1 is 1.19 bits per heavy atom. The van der Waals surface area contributed by atoms with Crippen molar-refractivity contribution >= 4 is 28.2 Å². The van der Waals surface area contributed by atoms with Crippen LogP contribution in [-0.4, -0.2) is 72.5 Å². The number of urea groups is 1. The molecule has 4 amide bonds. The van der Waals surface area contributed by atoms with E-state index in [0.29, 0.717) is 18.0 Å². The van der Waals surface area contributed by atoms with E-state index >= 15 is 0 Å². The van der Waals surface area contributed by atoms with E-state index in [1.807, 2.05) is 0 Å². The molecule has 0 aromatic rings. The minimum atomic E-state index is -4.84. The van der Waals surface area contributed by atoms with Crippen LogP contribution >= 0.6 is 0 Å². The highest BCUT2D eigenvalue weighted by Crippen LogP contribution is 2.30. The van der Waals surface area contributed by atoms with Crippen LogP contribution in [0.3, 0.4) is 0 Å². The first-order valence-electron chi connectivity index (χ1n) is 8.33. The number of carbonyl (C=O) groups is 3. The average Bonchev–Trinajstić information content (AvgIpc) is 2.84. The Labute approximate surface area is 150 Å². The maximum absolute atomic E-state index is 12.3. The molecule has 1 unspecified atom stereocenters. The molecular formula is C13H21N5O7S. The molecule has 3 heterocycles. The van der Waals surface area contributed by atoms with Crippen LogP contribution in [0.15, 0.2) is 0 Å². The molecule has 3 saturated heterocycles. The highest BCUT2D eigenvalue weighted by Gasteiger charge is 2.49. The van der Waals surface area contributed by atoms with Crippen molar-refractivity contribution < 1.29 is 31.6 Å². The molecule has 146 valence electrons. The van der Waals surface area contributed by atoms with Gasteiger partial charge in [-0.2, -0.15) is 13.5 Å². The Morgan fingerprint density at radius 3 is 2.58 bits per heavy atom. The van der Waals surface area contributed by atoms with Crippen LogP contribution in [0.5, 0.6) is 0 Å². The van der Waals surface area contributed by atoms with Gasteiger partial charge in [-0.3, -0.25) is 25.0 Å². The maximum atomic E-state index is 12.3. The zero-order chi connectivity index (χ0) is 18.9. The molecular weight excluding hydrogens is 370 g/mol. The highest BCUT2D eigenvalue weighted by atomic mass is 32.3. The summed E-state index contributed by atoms with van der Waals surface area (Å²) in [7, 11) is -4.84. The third kappa shape index (κ3) is 4.06. The summed E-state index contributed by atoms with van der Waals surface area (Å²) in [5.74, 6) is -1.10. The molecule has 0 saturated carbocycles. The number of piperidine rings is 2. The molecule has 3 fully saturated rings. The summed E-state index contributed by atoms with van der Waals surface area (Å²) in [5.41, 5.74) is 4.70. The van der Waals surface area contributed by atoms with Crippen molar-refractivity contribution in [1.29, 1.82) is 0 Å². The monoisotopic (exact) mass is 391 g/mol. The van der Waals surface area contributed by atoms with Crippen LogP contribution in [0.4, 0.5) is 4.79 Å². The van der Waals surface area contributed by atoms with Crippen molar-refractivity contribution in [2.24, 2.45) is 5.92 Å². The topological polar surface area (TPSA) is 157 Å². The lowest BCUT2D eigenvalue weighted by molar-refractivity contribution is -0.133. The van der Waals surface area contributed by atoms with E-state index in [1.54, 1.807) is 0 Å². The number of carbonyl (C=O) groups excluding carboxylic acids is 3. The van der Waals surface area contributed by atoms with Gasteiger partial charge < -0.3 is 10.2 Å². The van der Waals surface area contributed by atoms with E-state index in [0.717, 1.165) is 24.3 Å². The summed E-state index contributed by atoms with van der Waals surface area (Å²) in [6.45, 7) is 1.49. The van der Waals surface area contributed by atoms with Gasteiger partial charge in [-0.1, -0.05) is 0 Å². The van der Waals surface area contributed by atoms with Crippen molar-refractivity contribution in [3.63, 3.8) is 0 Å². The second kappa shape index (κ2) is 7.34. The van der Waals surface area contributed by atoms with E-state index in [2.05, 4.69) is 20.5 Å². The number of rotatable bonds is 4. The normalized spacial score (nSPS) is 28.8. The fourth-order valence-electron chi connectivity index (χ4n) is 3.49. The van der Waals surface area contributed by atoms with Gasteiger partial charge in [0.05, 0.1) is 12.0 Å². The molecule has 0 aromatic carbocycles. The minimum absolute atomic E-state index is 0.0902. The Balaban J connectivity index is 1.56. The lowest BCUT2D eigenvalue weighted by Gasteiger charge is -2.29. The maximum Gasteiger partial charge on any atom is 0.418 e. The highest BCUT2D eigenvalue weighted by molar-refractivity contribution is 7.80. The van der Waals surface area contributed by atoms with E-state index < -0.39 is 34.4 Å². The first-order valence-corrected chi connectivity index (χ1v) is 9.70. The zero-order valence-corrected chi connectivity index (χ0v) is 14.7. The van der Waals surface area contributed by atoms with Crippen LogP contribution < -0.4 is 16.2 Å². The van der Waals surface area contributed by atoms with Crippen LogP contribution in [0, 0.1) is 5.92 Å². The minimum Gasteiger partial charge on any atom is -0.316 e. The lowest BCUT2D eigenvalue weighted by atomic mass is 9.99. The van der Waals surface area contributed by atoms with Crippen LogP contribution in [0.2, 0.25) is 0 Å². The van der Waals surface area contributed by atoms with Crippen molar-refractivity contribution in [3.05, 3.63) is 0 Å². The first-order chi connectivity index (χ1) is 12.3. The van der Waals surface area contributed by atoms with Crippen LogP contribution in [0.1, 0.15) is 25.7 Å². The second-order valence-corrected chi connectivity index (χ2v) is 7.54. The average molecular weight is 391 g/mol. The Bertz CT molecular complexity index is 693. The van der Waals surface area contributed by atoms with Gasteiger partial charge in [0.1, 0.15) is 6.04 Å². The molecule has 26 heavy (non-hydrogen) atoms. The molecule has 12 nitrogen and oxygen atoms in total. The van der Waals surface area contributed by atoms with Crippen LogP contribution in [-0.2, 0) is 24.3 Å². The molecule has 4 N–H and O–H groups in total. The van der Waals surface area contributed by atoms with Crippen molar-refractivity contribution in [2.75, 3.05) is 19.6 Å². The molecule has 13 heteroatoms. The molecule has 2 bridgehead atoms. The van der Waals surface area contributed by atoms with Gasteiger partial charge in [-0.25, -0.2) is 4.79 Å². The summed E-state index contributed by atoms with van der Waals surface area (Å²) in [6, 6.07) is -2.26. The number of hydrogen-bond acceptors (Lipinski definition) is 7. The SMILES string of the molecule is O=C(NNC(=O)[C@H]1CCCNC1)C1CC[C@@H]2CN1C(=O)N2OS(=O)(=O)O. The Kier molecular flexibility index (Phi) is 5.32. The van der Waals surface area contributed by atoms with Gasteiger partial charge in [-0.15, -0.1) is 4.28 Å². The van der Waals surface area contributed by atoms with Gasteiger partial charge in [0, 0.05) is 13.1 Å². The Hall–Kier alpha value is -1.96. The molecule has 0 radical (unpaired) electrons. The largest absolute Gasteiger partial charge is 0.418 e. The van der Waals surface area contributed by atoms with E-state index in [1.165, 1.54) is 0 Å². The third-order valence-corrected chi connectivity index (χ3v) is 5.13. The van der Waals surface area contributed by atoms with Gasteiger partial charge >= 0.3 is 16.4 Å². The van der Waals surface area contributed by atoms with E-state index in [-0.39, 0.29) is 24.8 Å². The van der Waals surface area contributed by atoms with E-state index in [9.17, 15) is 22.8 Å². The number of amides is 4. The van der Waals surface area contributed by atoms with E-state index in [4.69, 9.17) is 4.55 Å². The number of hydrogen-bond donors (Lipinski definition) is 4. The summed E-state index contributed by atoms with van der Waals surface area (Å²) >= 11 is 0. The van der Waals surface area contributed by atoms with Gasteiger partial charge in [0.2, 0.25) is 5.91 Å². The molecule has 3 rings (SSSR count). The van der Waals surface area contributed by atoms with Crippen molar-refractivity contribution in [1.82, 2.24) is 26.1 Å². The number of fused-ring (bicyclic) bond motifs is 2. The number of hydroxylamine groups is 2. The summed E-state index contributed by atoms with van der Waals surface area (Å²) in [6.07, 6.45) is 2.19. The molecule has 0 aliphatic carbocycles. The van der Waals surface area contributed by atoms with Gasteiger partial charge in [0.25, 0.3) is 5.91 Å². The second-order valence-electron chi connectivity index (χ2n) is 6.53. The standard InChI is InChI=1S/C13H21N5O7S/c19-11(8-2-1-5-14-6-8)15-16-12(20)10-4-3-9-7-17(10)13(21)18(9)25-26(22,23)24/h8-10,14H,1-7H2,(H,15,19)(H,16,20)(H,22,23,24)/t8-,9+,10?/m0/s1. The van der Waals surface area contributed by atoms with Gasteiger partial charge in [0.15, 0.2) is 0 Å². The number of hydrazine groups is 1. The van der Waals surface area contributed by atoms with Crippen molar-refractivity contribution in [2.45, 2.75) is 37.8 Å². The predicted molar refractivity (Wildman–Crippen MR) is 85.3 cm³/mol. The fraction of sp³-hybridized carbons (Fsp3) is 0.769. The summed E-state index contributed by atoms with van der Waals surface area (Å²) < 4.78 is 34.8. The summed E-state index contributed by atoms with van der Waals surface area (Å²) in [5, 5.41) is 3.67. The molecule has 3 aliphatic heterocycles. The molecule has 3 aliphatic rings. The predicted octanol–water partition coefficient (Wildman–Crippen LogP) is -1.86. The van der Waals surface area contributed by atoms with Gasteiger partial charge in [-0.05, 0) is 32.2 Å². The van der Waals surface area contributed by atoms with Crippen LogP contribution in [0.25, 0.3) is 0 Å². The third-order valence-electron chi connectivity index (χ3n) is 4.78.